The molecule has 1 amide bonds. The van der Waals surface area contributed by atoms with Gasteiger partial charge in [0.15, 0.2) is 0 Å². The zero-order chi connectivity index (χ0) is 22.3. The lowest BCUT2D eigenvalue weighted by atomic mass is 10.1. The van der Waals surface area contributed by atoms with Gasteiger partial charge in [-0.3, -0.25) is 9.78 Å². The molecule has 0 aliphatic heterocycles. The van der Waals surface area contributed by atoms with Crippen LogP contribution in [-0.2, 0) is 0 Å². The number of hydrogen-bond donors (Lipinski definition) is 1. The molecule has 0 saturated heterocycles. The van der Waals surface area contributed by atoms with Crippen LogP contribution in [0.5, 0.6) is 5.75 Å². The number of rotatable bonds is 7. The number of carbonyl (C=O) groups is 1. The van der Waals surface area contributed by atoms with Crippen LogP contribution < -0.4 is 10.2 Å². The van der Waals surface area contributed by atoms with Crippen LogP contribution in [0, 0.1) is 0 Å². The second-order valence-corrected chi connectivity index (χ2v) is 6.56. The molecule has 4 rings (SSSR count). The molecule has 0 atom stereocenters. The largest absolute Gasteiger partial charge is 0.435 e. The number of alkyl halides is 2. The van der Waals surface area contributed by atoms with Gasteiger partial charge in [-0.2, -0.15) is 19.0 Å². The molecule has 32 heavy (non-hydrogen) atoms. The molecule has 0 spiro atoms. The van der Waals surface area contributed by atoms with Crippen LogP contribution in [0.15, 0.2) is 90.4 Å². The third-order valence-electron chi connectivity index (χ3n) is 4.41. The third kappa shape index (κ3) is 5.01. The highest BCUT2D eigenvalue weighted by molar-refractivity contribution is 5.95. The molecule has 2 aromatic heterocycles. The van der Waals surface area contributed by atoms with E-state index in [2.05, 4.69) is 25.3 Å². The minimum absolute atomic E-state index is 0.0465. The summed E-state index contributed by atoms with van der Waals surface area (Å²) in [5.74, 6) is -0.356. The van der Waals surface area contributed by atoms with Crippen molar-refractivity contribution >= 4 is 12.1 Å². The summed E-state index contributed by atoms with van der Waals surface area (Å²) in [5, 5.41) is 8.65. The molecular weight excluding hydrogens is 416 g/mol. The summed E-state index contributed by atoms with van der Waals surface area (Å²) in [7, 11) is 0. The first-order valence-corrected chi connectivity index (χ1v) is 9.54. The summed E-state index contributed by atoms with van der Waals surface area (Å²) in [6.07, 6.45) is 6.24. The van der Waals surface area contributed by atoms with Crippen molar-refractivity contribution < 1.29 is 18.3 Å². The number of pyridine rings is 1. The minimum atomic E-state index is -2.90. The second kappa shape index (κ2) is 9.61. The molecule has 0 fully saturated rings. The molecule has 0 aliphatic rings. The summed E-state index contributed by atoms with van der Waals surface area (Å²) in [6.45, 7) is -2.90. The maximum absolute atomic E-state index is 12.4. The number of halogens is 2. The highest BCUT2D eigenvalue weighted by atomic mass is 19.3. The Kier molecular flexibility index (Phi) is 6.26. The molecule has 0 bridgehead atoms. The number of hydrogen-bond acceptors (Lipinski definition) is 5. The standard InChI is InChI=1S/C23H17F2N5O2/c24-23(25)32-20-10-8-16(9-11-20)21-18(15-30(29-21)19-6-2-1-3-7-19)14-27-28-22(31)17-5-4-12-26-13-17/h1-15,23H,(H,28,31)/b27-14+. The van der Waals surface area contributed by atoms with Crippen LogP contribution in [0.3, 0.4) is 0 Å². The second-order valence-electron chi connectivity index (χ2n) is 6.56. The van der Waals surface area contributed by atoms with Gasteiger partial charge in [-0.15, -0.1) is 0 Å². The molecule has 9 heteroatoms. The minimum Gasteiger partial charge on any atom is -0.435 e. The third-order valence-corrected chi connectivity index (χ3v) is 4.41. The fourth-order valence-electron chi connectivity index (χ4n) is 2.94. The molecule has 2 aromatic carbocycles. The summed E-state index contributed by atoms with van der Waals surface area (Å²) in [5.41, 5.74) is 5.49. The number of amides is 1. The Bertz CT molecular complexity index is 1210. The van der Waals surface area contributed by atoms with E-state index in [1.54, 1.807) is 41.3 Å². The fourth-order valence-corrected chi connectivity index (χ4v) is 2.94. The molecule has 0 radical (unpaired) electrons. The van der Waals surface area contributed by atoms with Gasteiger partial charge in [-0.05, 0) is 48.5 Å². The van der Waals surface area contributed by atoms with Crippen LogP contribution in [0.2, 0.25) is 0 Å². The maximum Gasteiger partial charge on any atom is 0.387 e. The van der Waals surface area contributed by atoms with E-state index in [0.717, 1.165) is 5.69 Å². The van der Waals surface area contributed by atoms with E-state index in [4.69, 9.17) is 0 Å². The Labute approximate surface area is 182 Å². The highest BCUT2D eigenvalue weighted by Gasteiger charge is 2.13. The molecule has 4 aromatic rings. The average molecular weight is 433 g/mol. The lowest BCUT2D eigenvalue weighted by Crippen LogP contribution is -2.17. The Morgan fingerprint density at radius 3 is 2.53 bits per heavy atom. The van der Waals surface area contributed by atoms with E-state index in [1.807, 2.05) is 30.3 Å². The summed E-state index contributed by atoms with van der Waals surface area (Å²) in [4.78, 5) is 16.1. The van der Waals surface area contributed by atoms with Gasteiger partial charge in [-0.25, -0.2) is 10.1 Å². The van der Waals surface area contributed by atoms with Crippen LogP contribution in [0.1, 0.15) is 15.9 Å². The Morgan fingerprint density at radius 1 is 1.06 bits per heavy atom. The SMILES string of the molecule is O=C(N/N=C/c1cn(-c2ccccc2)nc1-c1ccc(OC(F)F)cc1)c1cccnc1. The van der Waals surface area contributed by atoms with E-state index in [0.29, 0.717) is 22.4 Å². The summed E-state index contributed by atoms with van der Waals surface area (Å²) in [6, 6.07) is 18.9. The monoisotopic (exact) mass is 433 g/mol. The van der Waals surface area contributed by atoms with Gasteiger partial charge in [0.25, 0.3) is 5.91 Å². The lowest BCUT2D eigenvalue weighted by molar-refractivity contribution is -0.0498. The van der Waals surface area contributed by atoms with Gasteiger partial charge in [0, 0.05) is 29.7 Å². The van der Waals surface area contributed by atoms with Crippen molar-refractivity contribution in [1.29, 1.82) is 0 Å². The first-order valence-electron chi connectivity index (χ1n) is 9.54. The number of aromatic nitrogens is 3. The van der Waals surface area contributed by atoms with Crippen molar-refractivity contribution in [2.75, 3.05) is 0 Å². The van der Waals surface area contributed by atoms with Crippen molar-refractivity contribution in [2.24, 2.45) is 5.10 Å². The van der Waals surface area contributed by atoms with E-state index in [-0.39, 0.29) is 5.75 Å². The molecule has 0 aliphatic carbocycles. The molecule has 2 heterocycles. The van der Waals surface area contributed by atoms with Gasteiger partial charge in [0.2, 0.25) is 0 Å². The van der Waals surface area contributed by atoms with Crippen LogP contribution in [0.25, 0.3) is 16.9 Å². The van der Waals surface area contributed by atoms with Crippen LogP contribution in [0.4, 0.5) is 8.78 Å². The maximum atomic E-state index is 12.4. The normalized spacial score (nSPS) is 11.1. The summed E-state index contributed by atoms with van der Waals surface area (Å²) < 4.78 is 30.9. The van der Waals surface area contributed by atoms with Gasteiger partial charge in [0.05, 0.1) is 17.5 Å². The van der Waals surface area contributed by atoms with Crippen molar-refractivity contribution in [3.05, 3.63) is 96.4 Å². The predicted molar refractivity (Wildman–Crippen MR) is 115 cm³/mol. The topological polar surface area (TPSA) is 81.4 Å². The van der Waals surface area contributed by atoms with Crippen LogP contribution in [-0.4, -0.2) is 33.5 Å². The number of ether oxygens (including phenoxy) is 1. The van der Waals surface area contributed by atoms with Gasteiger partial charge >= 0.3 is 6.61 Å². The molecule has 0 unspecified atom stereocenters. The van der Waals surface area contributed by atoms with Crippen molar-refractivity contribution in [2.45, 2.75) is 6.61 Å². The van der Waals surface area contributed by atoms with Gasteiger partial charge in [0.1, 0.15) is 11.4 Å². The molecule has 1 N–H and O–H groups in total. The molecule has 7 nitrogen and oxygen atoms in total. The first-order chi connectivity index (χ1) is 15.6. The number of hydrazone groups is 1. The predicted octanol–water partition coefficient (Wildman–Crippen LogP) is 4.30. The number of para-hydroxylation sites is 1. The lowest BCUT2D eigenvalue weighted by Gasteiger charge is -2.05. The number of nitrogens with one attached hydrogen (secondary N) is 1. The smallest absolute Gasteiger partial charge is 0.387 e. The number of nitrogens with zero attached hydrogens (tertiary/aromatic N) is 4. The van der Waals surface area contributed by atoms with E-state index >= 15 is 0 Å². The Hall–Kier alpha value is -4.40. The average Bonchev–Trinajstić information content (AvgIpc) is 3.24. The van der Waals surface area contributed by atoms with Gasteiger partial charge < -0.3 is 4.74 Å². The molecule has 160 valence electrons. The fraction of sp³-hybridized carbons (Fsp3) is 0.0435. The first kappa shape index (κ1) is 20.9. The number of benzene rings is 2. The van der Waals surface area contributed by atoms with Crippen molar-refractivity contribution in [1.82, 2.24) is 20.2 Å². The zero-order valence-corrected chi connectivity index (χ0v) is 16.6. The van der Waals surface area contributed by atoms with Gasteiger partial charge in [-0.1, -0.05) is 18.2 Å². The molecule has 0 saturated carbocycles. The Morgan fingerprint density at radius 2 is 1.84 bits per heavy atom. The van der Waals surface area contributed by atoms with E-state index in [9.17, 15) is 13.6 Å². The number of carbonyl (C=O) groups excluding carboxylic acids is 1. The Balaban J connectivity index is 1.62. The van der Waals surface area contributed by atoms with Crippen LogP contribution >= 0.6 is 0 Å². The van der Waals surface area contributed by atoms with Crippen molar-refractivity contribution in [3.8, 4) is 22.7 Å². The quantitative estimate of drug-likeness (QED) is 0.348. The zero-order valence-electron chi connectivity index (χ0n) is 16.6. The van der Waals surface area contributed by atoms with E-state index < -0.39 is 12.5 Å². The molecular formula is C23H17F2N5O2. The highest BCUT2D eigenvalue weighted by Crippen LogP contribution is 2.25. The van der Waals surface area contributed by atoms with Crippen molar-refractivity contribution in [3.63, 3.8) is 0 Å². The van der Waals surface area contributed by atoms with E-state index in [1.165, 1.54) is 24.5 Å². The summed E-state index contributed by atoms with van der Waals surface area (Å²) >= 11 is 0.